The molecule has 0 aliphatic heterocycles. The third kappa shape index (κ3) is 4.79. The average Bonchev–Trinajstić information content (AvgIpc) is 2.38. The Labute approximate surface area is 120 Å². The molecule has 1 aromatic carbocycles. The normalized spacial score (nSPS) is 12.6. The molecular weight excluding hydrogens is 300 g/mol. The molecule has 0 saturated heterocycles. The molecule has 21 heavy (non-hydrogen) atoms. The van der Waals surface area contributed by atoms with E-state index in [0.717, 1.165) is 19.1 Å². The van der Waals surface area contributed by atoms with Gasteiger partial charge in [-0.05, 0) is 31.2 Å². The fourth-order valence-electron chi connectivity index (χ4n) is 1.22. The highest BCUT2D eigenvalue weighted by molar-refractivity contribution is 7.85. The lowest BCUT2D eigenvalue weighted by Crippen LogP contribution is -2.26. The Hall–Kier alpha value is -2.57. The van der Waals surface area contributed by atoms with Crippen LogP contribution in [-0.2, 0) is 24.4 Å². The number of carbonyl (C=O) groups excluding carboxylic acids is 2. The monoisotopic (exact) mass is 310 g/mol. The van der Waals surface area contributed by atoms with E-state index in [-0.39, 0.29) is 10.6 Å². The first-order valence-corrected chi connectivity index (χ1v) is 6.85. The van der Waals surface area contributed by atoms with Crippen molar-refractivity contribution in [2.75, 3.05) is 0 Å². The van der Waals surface area contributed by atoms with Crippen LogP contribution in [0.5, 0.6) is 0 Å². The summed E-state index contributed by atoms with van der Waals surface area (Å²) in [6.45, 7) is 1.11. The maximum Gasteiger partial charge on any atom is 0.354 e. The standard InChI is InChI=1S/C12H10N2O6S/c1-3-20-12(16)11(8(2)15)14-13-9-4-6-10(7-5-9)21(17,18)19/h1,4-7,11H,2H3,(H,17,18,19). The molecule has 0 aromatic heterocycles. The van der Waals surface area contributed by atoms with Crippen LogP contribution in [0.15, 0.2) is 39.4 Å². The summed E-state index contributed by atoms with van der Waals surface area (Å²) in [6, 6.07) is 3.15. The lowest BCUT2D eigenvalue weighted by Gasteiger charge is -2.03. The van der Waals surface area contributed by atoms with Gasteiger partial charge >= 0.3 is 5.97 Å². The van der Waals surface area contributed by atoms with Gasteiger partial charge in [0.2, 0.25) is 6.04 Å². The Morgan fingerprint density at radius 2 is 1.90 bits per heavy atom. The van der Waals surface area contributed by atoms with Crippen LogP contribution in [0.3, 0.4) is 0 Å². The maximum absolute atomic E-state index is 11.3. The molecule has 0 heterocycles. The number of ketones is 1. The molecule has 0 aliphatic rings. The van der Waals surface area contributed by atoms with E-state index >= 15 is 0 Å². The van der Waals surface area contributed by atoms with Crippen molar-refractivity contribution in [3.63, 3.8) is 0 Å². The van der Waals surface area contributed by atoms with E-state index in [1.807, 2.05) is 0 Å². The quantitative estimate of drug-likeness (QED) is 0.286. The molecule has 0 radical (unpaired) electrons. The molecule has 0 aliphatic carbocycles. The fraction of sp³-hybridized carbons (Fsp3) is 0.167. The minimum absolute atomic E-state index is 0.169. The highest BCUT2D eigenvalue weighted by atomic mass is 32.2. The lowest BCUT2D eigenvalue weighted by atomic mass is 10.2. The van der Waals surface area contributed by atoms with E-state index in [9.17, 15) is 18.0 Å². The number of azo groups is 1. The Morgan fingerprint density at radius 3 is 2.33 bits per heavy atom. The van der Waals surface area contributed by atoms with E-state index in [1.54, 1.807) is 6.11 Å². The molecule has 0 saturated carbocycles. The summed E-state index contributed by atoms with van der Waals surface area (Å²) in [4.78, 5) is 22.2. The predicted octanol–water partition coefficient (Wildman–Crippen LogP) is 1.11. The summed E-state index contributed by atoms with van der Waals surface area (Å²) >= 11 is 0. The zero-order valence-corrected chi connectivity index (χ0v) is 11.6. The molecule has 0 amide bonds. The molecule has 0 bridgehead atoms. The highest BCUT2D eigenvalue weighted by Gasteiger charge is 2.24. The number of benzene rings is 1. The second-order valence-corrected chi connectivity index (χ2v) is 5.16. The molecule has 1 rings (SSSR count). The first-order chi connectivity index (χ1) is 9.75. The number of hydrogen-bond donors (Lipinski definition) is 1. The Kier molecular flexibility index (Phi) is 5.29. The smallest absolute Gasteiger partial charge is 0.354 e. The highest BCUT2D eigenvalue weighted by Crippen LogP contribution is 2.17. The molecule has 9 heteroatoms. The molecule has 1 unspecified atom stereocenters. The fourth-order valence-corrected chi connectivity index (χ4v) is 1.70. The Morgan fingerprint density at radius 1 is 1.33 bits per heavy atom. The molecular formula is C12H10N2O6S. The van der Waals surface area contributed by atoms with Gasteiger partial charge in [-0.1, -0.05) is 6.42 Å². The number of esters is 1. The summed E-state index contributed by atoms with van der Waals surface area (Å²) in [6.07, 6.45) is 6.40. The SMILES string of the molecule is C#COC(=O)C(N=Nc1ccc(S(=O)(=O)O)cc1)C(C)=O. The number of rotatable bonds is 5. The third-order valence-electron chi connectivity index (χ3n) is 2.19. The van der Waals surface area contributed by atoms with Crippen LogP contribution < -0.4 is 0 Å². The van der Waals surface area contributed by atoms with E-state index in [2.05, 4.69) is 15.0 Å². The van der Waals surface area contributed by atoms with Gasteiger partial charge in [0.25, 0.3) is 10.1 Å². The minimum atomic E-state index is -4.31. The minimum Gasteiger partial charge on any atom is -0.370 e. The van der Waals surface area contributed by atoms with Gasteiger partial charge in [0, 0.05) is 0 Å². The lowest BCUT2D eigenvalue weighted by molar-refractivity contribution is -0.141. The Bertz CT molecular complexity index is 715. The van der Waals surface area contributed by atoms with Crippen LogP contribution in [0.2, 0.25) is 0 Å². The Balaban J connectivity index is 2.95. The predicted molar refractivity (Wildman–Crippen MR) is 70.2 cm³/mol. The van der Waals surface area contributed by atoms with E-state index in [4.69, 9.17) is 11.0 Å². The molecule has 110 valence electrons. The third-order valence-corrected chi connectivity index (χ3v) is 3.06. The van der Waals surface area contributed by atoms with E-state index < -0.39 is 27.9 Å². The number of hydrogen-bond acceptors (Lipinski definition) is 7. The van der Waals surface area contributed by atoms with Crippen LogP contribution in [0.4, 0.5) is 5.69 Å². The van der Waals surface area contributed by atoms with Crippen molar-refractivity contribution in [2.45, 2.75) is 17.9 Å². The van der Waals surface area contributed by atoms with E-state index in [0.29, 0.717) is 0 Å². The molecule has 1 aromatic rings. The summed E-state index contributed by atoms with van der Waals surface area (Å²) in [5.74, 6) is -1.66. The van der Waals surface area contributed by atoms with Gasteiger partial charge in [-0.3, -0.25) is 9.35 Å². The number of terminal acetylenes is 1. The van der Waals surface area contributed by atoms with Crippen molar-refractivity contribution in [1.29, 1.82) is 0 Å². The van der Waals surface area contributed by atoms with Gasteiger partial charge in [0.15, 0.2) is 5.78 Å². The summed E-state index contributed by atoms with van der Waals surface area (Å²) < 4.78 is 34.7. The van der Waals surface area contributed by atoms with Gasteiger partial charge in [0.1, 0.15) is 6.11 Å². The van der Waals surface area contributed by atoms with Crippen molar-refractivity contribution in [3.8, 4) is 12.5 Å². The number of Topliss-reactive ketones (excluding diaryl/α,β-unsaturated/α-hetero) is 1. The van der Waals surface area contributed by atoms with Crippen LogP contribution in [-0.4, -0.2) is 30.8 Å². The van der Waals surface area contributed by atoms with Crippen molar-refractivity contribution >= 4 is 27.6 Å². The zero-order valence-electron chi connectivity index (χ0n) is 10.8. The van der Waals surface area contributed by atoms with E-state index in [1.165, 1.54) is 12.1 Å². The summed E-state index contributed by atoms with van der Waals surface area (Å²) in [7, 11) is -4.31. The maximum atomic E-state index is 11.3. The topological polar surface area (TPSA) is 122 Å². The molecule has 0 fully saturated rings. The summed E-state index contributed by atoms with van der Waals surface area (Å²) in [5, 5.41) is 7.11. The largest absolute Gasteiger partial charge is 0.370 e. The number of nitrogens with zero attached hydrogens (tertiary/aromatic N) is 2. The van der Waals surface area contributed by atoms with Crippen LogP contribution in [0, 0.1) is 12.5 Å². The van der Waals surface area contributed by atoms with Gasteiger partial charge in [-0.2, -0.15) is 18.6 Å². The number of ether oxygens (including phenoxy) is 1. The molecule has 1 N–H and O–H groups in total. The van der Waals surface area contributed by atoms with Gasteiger partial charge in [-0.15, -0.1) is 0 Å². The second-order valence-electron chi connectivity index (χ2n) is 3.74. The first-order valence-electron chi connectivity index (χ1n) is 5.41. The summed E-state index contributed by atoms with van der Waals surface area (Å²) in [5.41, 5.74) is 0.169. The van der Waals surface area contributed by atoms with Crippen molar-refractivity contribution in [3.05, 3.63) is 24.3 Å². The van der Waals surface area contributed by atoms with Crippen molar-refractivity contribution < 1.29 is 27.3 Å². The molecule has 0 spiro atoms. The number of carbonyl (C=O) groups is 2. The first kappa shape index (κ1) is 16.5. The second kappa shape index (κ2) is 6.74. The van der Waals surface area contributed by atoms with Crippen LogP contribution in [0.25, 0.3) is 0 Å². The van der Waals surface area contributed by atoms with Crippen LogP contribution in [0.1, 0.15) is 6.92 Å². The zero-order chi connectivity index (χ0) is 16.0. The molecule has 8 nitrogen and oxygen atoms in total. The molecule has 1 atom stereocenters. The average molecular weight is 310 g/mol. The van der Waals surface area contributed by atoms with Crippen molar-refractivity contribution in [1.82, 2.24) is 0 Å². The van der Waals surface area contributed by atoms with Crippen molar-refractivity contribution in [2.24, 2.45) is 10.2 Å². The van der Waals surface area contributed by atoms with Gasteiger partial charge in [0.05, 0.1) is 10.6 Å². The van der Waals surface area contributed by atoms with Gasteiger partial charge in [-0.25, -0.2) is 4.79 Å². The van der Waals surface area contributed by atoms with Gasteiger partial charge < -0.3 is 4.74 Å². The van der Waals surface area contributed by atoms with Crippen LogP contribution >= 0.6 is 0 Å².